The topological polar surface area (TPSA) is 86.8 Å². The monoisotopic (exact) mass is 326 g/mol. The summed E-state index contributed by atoms with van der Waals surface area (Å²) in [4.78, 5) is 23.5. The molecule has 1 amide bonds. The maximum absolute atomic E-state index is 12.6. The molecule has 2 aromatic heterocycles. The van der Waals surface area contributed by atoms with Crippen molar-refractivity contribution < 1.29 is 4.79 Å². The Labute approximate surface area is 140 Å². The maximum atomic E-state index is 12.6. The Bertz CT molecular complexity index is 732. The fourth-order valence-electron chi connectivity index (χ4n) is 3.53. The van der Waals surface area contributed by atoms with Crippen LogP contribution < -0.4 is 10.2 Å². The second-order valence-electron chi connectivity index (χ2n) is 6.72. The molecule has 2 aliphatic rings. The lowest BCUT2D eigenvalue weighted by molar-refractivity contribution is 0.0931. The highest BCUT2D eigenvalue weighted by Crippen LogP contribution is 2.24. The molecule has 1 fully saturated rings. The zero-order valence-electron chi connectivity index (χ0n) is 13.9. The molecular formula is C17H22N6O. The predicted molar refractivity (Wildman–Crippen MR) is 89.8 cm³/mol. The van der Waals surface area contributed by atoms with E-state index in [0.717, 1.165) is 42.6 Å². The van der Waals surface area contributed by atoms with E-state index in [1.54, 1.807) is 0 Å². The van der Waals surface area contributed by atoms with Crippen LogP contribution in [0, 0.1) is 6.92 Å². The van der Waals surface area contributed by atoms with E-state index in [1.165, 1.54) is 12.8 Å². The Morgan fingerprint density at radius 1 is 1.29 bits per heavy atom. The average Bonchev–Trinajstić information content (AvgIpc) is 3.24. The molecule has 0 spiro atoms. The van der Waals surface area contributed by atoms with Gasteiger partial charge in [-0.25, -0.2) is 9.97 Å². The molecule has 1 aliphatic carbocycles. The smallest absolute Gasteiger partial charge is 0.272 e. The lowest BCUT2D eigenvalue weighted by Crippen LogP contribution is -2.36. The van der Waals surface area contributed by atoms with Crippen molar-refractivity contribution in [1.29, 1.82) is 0 Å². The van der Waals surface area contributed by atoms with Gasteiger partial charge in [0.25, 0.3) is 5.91 Å². The fraction of sp³-hybridized carbons (Fsp3) is 0.529. The van der Waals surface area contributed by atoms with Crippen LogP contribution in [0.25, 0.3) is 0 Å². The first kappa shape index (κ1) is 15.1. The Kier molecular flexibility index (Phi) is 3.92. The van der Waals surface area contributed by atoms with Gasteiger partial charge in [0.1, 0.15) is 0 Å². The van der Waals surface area contributed by atoms with E-state index in [-0.39, 0.29) is 5.91 Å². The molecule has 0 unspecified atom stereocenters. The van der Waals surface area contributed by atoms with E-state index in [1.807, 2.05) is 19.3 Å². The van der Waals surface area contributed by atoms with Crippen molar-refractivity contribution in [3.05, 3.63) is 34.9 Å². The molecule has 2 aromatic rings. The highest BCUT2D eigenvalue weighted by atomic mass is 16.2. The highest BCUT2D eigenvalue weighted by Gasteiger charge is 2.28. The molecule has 0 bridgehead atoms. The minimum Gasteiger partial charge on any atom is -0.348 e. The molecule has 0 atom stereocenters. The van der Waals surface area contributed by atoms with Gasteiger partial charge in [-0.3, -0.25) is 9.89 Å². The number of aromatic nitrogens is 4. The molecule has 3 heterocycles. The van der Waals surface area contributed by atoms with E-state index in [0.29, 0.717) is 24.2 Å². The van der Waals surface area contributed by atoms with Crippen LogP contribution in [-0.4, -0.2) is 38.7 Å². The Balaban J connectivity index is 1.53. The van der Waals surface area contributed by atoms with Gasteiger partial charge in [0.05, 0.1) is 6.54 Å². The molecule has 1 saturated carbocycles. The molecule has 7 nitrogen and oxygen atoms in total. The number of carbonyl (C=O) groups excluding carboxylic acids is 1. The number of aryl methyl sites for hydroxylation is 1. The molecule has 126 valence electrons. The number of nitrogens with one attached hydrogen (secondary N) is 2. The third kappa shape index (κ3) is 2.86. The largest absolute Gasteiger partial charge is 0.348 e. The Morgan fingerprint density at radius 3 is 2.79 bits per heavy atom. The van der Waals surface area contributed by atoms with Crippen molar-refractivity contribution in [2.24, 2.45) is 0 Å². The SMILES string of the molecule is Cc1cnc(N2CCc3[nH]nc(C(=O)NC4CCCC4)c3C2)nc1. The Hall–Kier alpha value is -2.44. The Morgan fingerprint density at radius 2 is 2.04 bits per heavy atom. The average molecular weight is 326 g/mol. The summed E-state index contributed by atoms with van der Waals surface area (Å²) in [5.41, 5.74) is 3.58. The van der Waals surface area contributed by atoms with Gasteiger partial charge in [-0.1, -0.05) is 12.8 Å². The first-order chi connectivity index (χ1) is 11.7. The summed E-state index contributed by atoms with van der Waals surface area (Å²) < 4.78 is 0. The van der Waals surface area contributed by atoms with E-state index < -0.39 is 0 Å². The minimum atomic E-state index is -0.0638. The summed E-state index contributed by atoms with van der Waals surface area (Å²) >= 11 is 0. The molecule has 24 heavy (non-hydrogen) atoms. The number of hydrogen-bond acceptors (Lipinski definition) is 5. The van der Waals surface area contributed by atoms with Gasteiger partial charge in [-0.15, -0.1) is 0 Å². The number of hydrogen-bond donors (Lipinski definition) is 2. The van der Waals surface area contributed by atoms with Gasteiger partial charge < -0.3 is 10.2 Å². The summed E-state index contributed by atoms with van der Waals surface area (Å²) in [7, 11) is 0. The zero-order valence-corrected chi connectivity index (χ0v) is 13.9. The van der Waals surface area contributed by atoms with Crippen LogP contribution in [0.2, 0.25) is 0 Å². The van der Waals surface area contributed by atoms with E-state index in [4.69, 9.17) is 0 Å². The second-order valence-corrected chi connectivity index (χ2v) is 6.72. The molecule has 2 N–H and O–H groups in total. The molecule has 0 saturated heterocycles. The molecule has 1 aliphatic heterocycles. The quantitative estimate of drug-likeness (QED) is 0.897. The highest BCUT2D eigenvalue weighted by molar-refractivity contribution is 5.94. The number of nitrogens with zero attached hydrogens (tertiary/aromatic N) is 4. The van der Waals surface area contributed by atoms with Crippen LogP contribution in [0.3, 0.4) is 0 Å². The van der Waals surface area contributed by atoms with Crippen molar-refractivity contribution in [3.63, 3.8) is 0 Å². The van der Waals surface area contributed by atoms with Crippen LogP contribution in [0.1, 0.15) is 53.0 Å². The number of fused-ring (bicyclic) bond motifs is 1. The fourth-order valence-corrected chi connectivity index (χ4v) is 3.53. The van der Waals surface area contributed by atoms with E-state index >= 15 is 0 Å². The van der Waals surface area contributed by atoms with Crippen molar-refractivity contribution in [1.82, 2.24) is 25.5 Å². The lowest BCUT2D eigenvalue weighted by atomic mass is 10.0. The lowest BCUT2D eigenvalue weighted by Gasteiger charge is -2.27. The summed E-state index contributed by atoms with van der Waals surface area (Å²) in [6.07, 6.45) is 8.99. The van der Waals surface area contributed by atoms with Crippen LogP contribution in [0.5, 0.6) is 0 Å². The molecular weight excluding hydrogens is 304 g/mol. The molecule has 7 heteroatoms. The third-order valence-corrected chi connectivity index (χ3v) is 4.89. The normalized spacial score (nSPS) is 17.8. The first-order valence-corrected chi connectivity index (χ1v) is 8.61. The number of aromatic amines is 1. The van der Waals surface area contributed by atoms with Crippen molar-refractivity contribution in [2.75, 3.05) is 11.4 Å². The first-order valence-electron chi connectivity index (χ1n) is 8.61. The van der Waals surface area contributed by atoms with Gasteiger partial charge in [-0.05, 0) is 25.3 Å². The van der Waals surface area contributed by atoms with Crippen LogP contribution in [0.15, 0.2) is 12.4 Å². The van der Waals surface area contributed by atoms with Crippen LogP contribution in [0.4, 0.5) is 5.95 Å². The van der Waals surface area contributed by atoms with Crippen molar-refractivity contribution in [2.45, 2.75) is 51.6 Å². The molecule has 4 rings (SSSR count). The standard InChI is InChI=1S/C17H22N6O/c1-11-8-18-17(19-9-11)23-7-6-14-13(10-23)15(22-21-14)16(24)20-12-4-2-3-5-12/h8-9,12H,2-7,10H2,1H3,(H,20,24)(H,21,22). The number of H-pyrrole nitrogens is 1. The summed E-state index contributed by atoms with van der Waals surface area (Å²) in [6.45, 7) is 3.41. The molecule has 0 aromatic carbocycles. The van der Waals surface area contributed by atoms with Gasteiger partial charge in [0.15, 0.2) is 5.69 Å². The minimum absolute atomic E-state index is 0.0638. The maximum Gasteiger partial charge on any atom is 0.272 e. The van der Waals surface area contributed by atoms with Gasteiger partial charge >= 0.3 is 0 Å². The summed E-state index contributed by atoms with van der Waals surface area (Å²) in [5.74, 6) is 0.640. The number of anilines is 1. The van der Waals surface area contributed by atoms with Gasteiger partial charge in [-0.2, -0.15) is 5.10 Å². The molecule has 0 radical (unpaired) electrons. The zero-order chi connectivity index (χ0) is 16.5. The second kappa shape index (κ2) is 6.22. The van der Waals surface area contributed by atoms with Crippen LogP contribution >= 0.6 is 0 Å². The van der Waals surface area contributed by atoms with E-state index in [9.17, 15) is 4.79 Å². The summed E-state index contributed by atoms with van der Waals surface area (Å²) in [5, 5.41) is 10.4. The van der Waals surface area contributed by atoms with Gasteiger partial charge in [0, 0.05) is 42.7 Å². The van der Waals surface area contributed by atoms with Gasteiger partial charge in [0.2, 0.25) is 5.95 Å². The van der Waals surface area contributed by atoms with Crippen LogP contribution in [-0.2, 0) is 13.0 Å². The van der Waals surface area contributed by atoms with Crippen molar-refractivity contribution in [3.8, 4) is 0 Å². The summed E-state index contributed by atoms with van der Waals surface area (Å²) in [6, 6.07) is 0.296. The van der Waals surface area contributed by atoms with E-state index in [2.05, 4.69) is 30.4 Å². The third-order valence-electron chi connectivity index (χ3n) is 4.89. The predicted octanol–water partition coefficient (Wildman–Crippen LogP) is 1.74. The number of carbonyl (C=O) groups is 1. The number of rotatable bonds is 3. The number of amides is 1. The van der Waals surface area contributed by atoms with Crippen molar-refractivity contribution >= 4 is 11.9 Å².